The molecule has 2 heteroatoms. The molecule has 0 aromatic heterocycles. The quantitative estimate of drug-likeness (QED) is 0.653. The van der Waals surface area contributed by atoms with E-state index in [1.54, 1.807) is 12.1 Å². The van der Waals surface area contributed by atoms with E-state index in [1.165, 1.54) is 0 Å². The number of fused-ring (bicyclic) bond motifs is 1. The van der Waals surface area contributed by atoms with E-state index in [0.717, 1.165) is 5.56 Å². The van der Waals surface area contributed by atoms with Crippen molar-refractivity contribution in [1.29, 1.82) is 0 Å². The monoisotopic (exact) mass is 174 g/mol. The summed E-state index contributed by atoms with van der Waals surface area (Å²) in [6, 6.07) is 5.54. The lowest BCUT2D eigenvalue weighted by Gasteiger charge is -2.17. The van der Waals surface area contributed by atoms with Crippen LogP contribution in [0, 0.1) is 0 Å². The molecule has 0 bridgehead atoms. The lowest BCUT2D eigenvalue weighted by atomic mass is 10.0. The van der Waals surface area contributed by atoms with Gasteiger partial charge in [0, 0.05) is 12.0 Å². The highest BCUT2D eigenvalue weighted by Gasteiger charge is 2.19. The number of para-hydroxylation sites is 1. The largest absolute Gasteiger partial charge is 0.492 e. The zero-order valence-electron chi connectivity index (χ0n) is 7.25. The van der Waals surface area contributed by atoms with Crippen LogP contribution in [0.1, 0.15) is 22.3 Å². The van der Waals surface area contributed by atoms with Gasteiger partial charge in [0.15, 0.2) is 5.78 Å². The summed E-state index contributed by atoms with van der Waals surface area (Å²) in [7, 11) is 0. The summed E-state index contributed by atoms with van der Waals surface area (Å²) in [4.78, 5) is 11.4. The summed E-state index contributed by atoms with van der Waals surface area (Å²) in [5, 5.41) is 0. The van der Waals surface area contributed by atoms with Crippen molar-refractivity contribution < 1.29 is 9.53 Å². The second-order valence-corrected chi connectivity index (χ2v) is 2.95. The van der Waals surface area contributed by atoms with Gasteiger partial charge in [-0.2, -0.15) is 0 Å². The average Bonchev–Trinajstić information content (AvgIpc) is 2.18. The predicted molar refractivity (Wildman–Crippen MR) is 51.0 cm³/mol. The summed E-state index contributed by atoms with van der Waals surface area (Å²) in [5.74, 6) is 0.846. The van der Waals surface area contributed by atoms with Crippen LogP contribution in [0.2, 0.25) is 0 Å². The summed E-state index contributed by atoms with van der Waals surface area (Å²) in [6.07, 6.45) is 2.19. The van der Waals surface area contributed by atoms with Gasteiger partial charge in [0.25, 0.3) is 0 Å². The number of rotatable bonds is 1. The van der Waals surface area contributed by atoms with E-state index in [9.17, 15) is 4.79 Å². The minimum atomic E-state index is 0.157. The molecule has 0 atom stereocenters. The Labute approximate surface area is 76.8 Å². The van der Waals surface area contributed by atoms with Crippen molar-refractivity contribution in [3.8, 4) is 5.75 Å². The molecule has 0 saturated carbocycles. The number of benzene rings is 1. The molecule has 0 aliphatic carbocycles. The normalized spacial score (nSPS) is 14.6. The van der Waals surface area contributed by atoms with Gasteiger partial charge in [0.2, 0.25) is 0 Å². The summed E-state index contributed by atoms with van der Waals surface area (Å²) >= 11 is 0. The van der Waals surface area contributed by atoms with Crippen LogP contribution < -0.4 is 4.74 Å². The van der Waals surface area contributed by atoms with Gasteiger partial charge < -0.3 is 4.74 Å². The second kappa shape index (κ2) is 3.05. The first-order valence-corrected chi connectivity index (χ1v) is 4.24. The fourth-order valence-electron chi connectivity index (χ4n) is 1.48. The molecule has 0 spiro atoms. The van der Waals surface area contributed by atoms with E-state index in [4.69, 9.17) is 4.74 Å². The topological polar surface area (TPSA) is 26.3 Å². The zero-order valence-corrected chi connectivity index (χ0v) is 7.25. The van der Waals surface area contributed by atoms with E-state index in [2.05, 4.69) is 6.58 Å². The van der Waals surface area contributed by atoms with Crippen LogP contribution in [0.15, 0.2) is 24.8 Å². The van der Waals surface area contributed by atoms with E-state index < -0.39 is 0 Å². The molecule has 1 aliphatic rings. The molecule has 1 aromatic rings. The second-order valence-electron chi connectivity index (χ2n) is 2.95. The first kappa shape index (κ1) is 8.05. The Hall–Kier alpha value is -1.57. The van der Waals surface area contributed by atoms with Crippen molar-refractivity contribution in [2.45, 2.75) is 6.42 Å². The van der Waals surface area contributed by atoms with Gasteiger partial charge in [-0.1, -0.05) is 24.8 Å². The van der Waals surface area contributed by atoms with Crippen LogP contribution in [-0.2, 0) is 0 Å². The lowest BCUT2D eigenvalue weighted by Crippen LogP contribution is -2.15. The summed E-state index contributed by atoms with van der Waals surface area (Å²) in [6.45, 7) is 4.16. The highest BCUT2D eigenvalue weighted by atomic mass is 16.5. The van der Waals surface area contributed by atoms with Gasteiger partial charge in [0.1, 0.15) is 5.75 Å². The molecule has 2 rings (SSSR count). The van der Waals surface area contributed by atoms with Gasteiger partial charge in [-0.15, -0.1) is 0 Å². The first-order chi connectivity index (χ1) is 6.33. The Morgan fingerprint density at radius 2 is 2.31 bits per heavy atom. The van der Waals surface area contributed by atoms with Gasteiger partial charge in [-0.3, -0.25) is 4.79 Å². The van der Waals surface area contributed by atoms with E-state index in [0.29, 0.717) is 24.3 Å². The molecule has 0 saturated heterocycles. The van der Waals surface area contributed by atoms with Crippen molar-refractivity contribution in [2.24, 2.45) is 0 Å². The van der Waals surface area contributed by atoms with Crippen molar-refractivity contribution in [2.75, 3.05) is 6.61 Å². The third-order valence-corrected chi connectivity index (χ3v) is 2.14. The molecule has 2 nitrogen and oxygen atoms in total. The Morgan fingerprint density at radius 3 is 3.08 bits per heavy atom. The summed E-state index contributed by atoms with van der Waals surface area (Å²) in [5.41, 5.74) is 1.58. The van der Waals surface area contributed by atoms with Crippen LogP contribution in [0.3, 0.4) is 0 Å². The van der Waals surface area contributed by atoms with Crippen molar-refractivity contribution >= 4 is 11.9 Å². The fraction of sp³-hybridized carbons (Fsp3) is 0.182. The SMILES string of the molecule is C=Cc1cccc2c1OCCC2=O. The average molecular weight is 174 g/mol. The van der Waals surface area contributed by atoms with Crippen LogP contribution in [0.4, 0.5) is 0 Å². The first-order valence-electron chi connectivity index (χ1n) is 4.24. The van der Waals surface area contributed by atoms with E-state index >= 15 is 0 Å². The van der Waals surface area contributed by atoms with Crippen molar-refractivity contribution in [3.63, 3.8) is 0 Å². The van der Waals surface area contributed by atoms with Gasteiger partial charge in [-0.25, -0.2) is 0 Å². The number of ether oxygens (including phenoxy) is 1. The van der Waals surface area contributed by atoms with Crippen LogP contribution in [0.25, 0.3) is 6.08 Å². The predicted octanol–water partition coefficient (Wildman–Crippen LogP) is 2.29. The molecule has 0 fully saturated rings. The molecule has 0 unspecified atom stereocenters. The Balaban J connectivity index is 2.60. The summed E-state index contributed by atoms with van der Waals surface area (Å²) < 4.78 is 5.42. The van der Waals surface area contributed by atoms with Crippen LogP contribution >= 0.6 is 0 Å². The highest BCUT2D eigenvalue weighted by Crippen LogP contribution is 2.29. The Bertz CT molecular complexity index is 366. The fourth-order valence-corrected chi connectivity index (χ4v) is 1.48. The molecule has 1 aromatic carbocycles. The third kappa shape index (κ3) is 1.24. The molecular weight excluding hydrogens is 164 g/mol. The zero-order chi connectivity index (χ0) is 9.26. The molecule has 1 aliphatic heterocycles. The van der Waals surface area contributed by atoms with Crippen LogP contribution in [0.5, 0.6) is 5.75 Å². The third-order valence-electron chi connectivity index (χ3n) is 2.14. The lowest BCUT2D eigenvalue weighted by molar-refractivity contribution is 0.0933. The number of hydrogen-bond acceptors (Lipinski definition) is 2. The number of hydrogen-bond donors (Lipinski definition) is 0. The molecular formula is C11H10O2. The molecule has 0 N–H and O–H groups in total. The van der Waals surface area contributed by atoms with Crippen molar-refractivity contribution in [1.82, 2.24) is 0 Å². The molecule has 13 heavy (non-hydrogen) atoms. The maximum absolute atomic E-state index is 11.4. The molecule has 66 valence electrons. The van der Waals surface area contributed by atoms with Gasteiger partial charge >= 0.3 is 0 Å². The number of ketones is 1. The standard InChI is InChI=1S/C11H10O2/c1-2-8-4-3-5-9-10(12)6-7-13-11(8)9/h2-5H,1,6-7H2. The minimum Gasteiger partial charge on any atom is -0.492 e. The smallest absolute Gasteiger partial charge is 0.170 e. The maximum atomic E-state index is 11.4. The highest BCUT2D eigenvalue weighted by molar-refractivity contribution is 6.00. The minimum absolute atomic E-state index is 0.157. The Morgan fingerprint density at radius 1 is 1.46 bits per heavy atom. The Kier molecular flexibility index (Phi) is 1.89. The number of carbonyl (C=O) groups excluding carboxylic acids is 1. The van der Waals surface area contributed by atoms with Crippen LogP contribution in [-0.4, -0.2) is 12.4 Å². The molecule has 1 heterocycles. The molecule has 0 radical (unpaired) electrons. The maximum Gasteiger partial charge on any atom is 0.170 e. The molecule has 0 amide bonds. The van der Waals surface area contributed by atoms with Crippen molar-refractivity contribution in [3.05, 3.63) is 35.9 Å². The van der Waals surface area contributed by atoms with Gasteiger partial charge in [0.05, 0.1) is 12.2 Å². The van der Waals surface area contributed by atoms with Gasteiger partial charge in [-0.05, 0) is 6.07 Å². The van der Waals surface area contributed by atoms with E-state index in [1.807, 2.05) is 12.1 Å². The number of carbonyl (C=O) groups is 1. The van der Waals surface area contributed by atoms with E-state index in [-0.39, 0.29) is 5.78 Å². The number of Topliss-reactive ketones (excluding diaryl/α,β-unsaturated/α-hetero) is 1.